The number of allylic oxidation sites excluding steroid dienone is 4. The Morgan fingerprint density at radius 2 is 1.89 bits per heavy atom. The van der Waals surface area contributed by atoms with Gasteiger partial charge in [-0.2, -0.15) is 0 Å². The molecule has 250 valence electrons. The number of carbonyl (C=O) groups is 1. The van der Waals surface area contributed by atoms with Crippen molar-refractivity contribution in [3.05, 3.63) is 47.7 Å². The zero-order valence-electron chi connectivity index (χ0n) is 27.2. The van der Waals surface area contributed by atoms with Crippen LogP contribution < -0.4 is 11.1 Å². The zero-order valence-corrected chi connectivity index (χ0v) is 27.2. The average Bonchev–Trinajstić information content (AvgIpc) is 3.37. The Labute approximate surface area is 272 Å². The van der Waals surface area contributed by atoms with Crippen LogP contribution in [0.15, 0.2) is 52.7 Å². The number of aliphatic imine (C=N–C) groups is 1. The Morgan fingerprint density at radius 3 is 2.70 bits per heavy atom. The van der Waals surface area contributed by atoms with Crippen LogP contribution in [-0.4, -0.2) is 83.2 Å². The van der Waals surface area contributed by atoms with Crippen LogP contribution >= 0.6 is 0 Å². The Bertz CT molecular complexity index is 1410. The molecule has 0 aromatic rings. The van der Waals surface area contributed by atoms with E-state index in [4.69, 9.17) is 10.5 Å². The van der Waals surface area contributed by atoms with Gasteiger partial charge in [0.1, 0.15) is 5.60 Å². The number of aliphatic hydroxyl groups excluding tert-OH is 1. The number of aliphatic hydroxyl groups is 2. The quantitative estimate of drug-likeness (QED) is 0.170. The van der Waals surface area contributed by atoms with Gasteiger partial charge in [-0.25, -0.2) is 4.79 Å². The van der Waals surface area contributed by atoms with E-state index in [0.717, 1.165) is 56.9 Å². The summed E-state index contributed by atoms with van der Waals surface area (Å²) in [5, 5.41) is 37.8. The van der Waals surface area contributed by atoms with Crippen molar-refractivity contribution >= 4 is 11.9 Å². The van der Waals surface area contributed by atoms with Crippen LogP contribution in [0.2, 0.25) is 0 Å². The number of rotatable bonds is 6. The first kappa shape index (κ1) is 30.8. The summed E-state index contributed by atoms with van der Waals surface area (Å²) in [7, 11) is 1.72. The molecular formula is C37H52N4O5. The summed E-state index contributed by atoms with van der Waals surface area (Å²) in [6.45, 7) is 1.91. The minimum absolute atomic E-state index is 0.00254. The summed E-state index contributed by atoms with van der Waals surface area (Å²) in [4.78, 5) is 20.1. The van der Waals surface area contributed by atoms with Gasteiger partial charge in [0, 0.05) is 55.5 Å². The van der Waals surface area contributed by atoms with Crippen molar-refractivity contribution in [2.24, 2.45) is 63.0 Å². The number of nitrogens with two attached hydrogens (primary N) is 1. The molecule has 0 aromatic carbocycles. The molecule has 12 atom stereocenters. The van der Waals surface area contributed by atoms with Crippen molar-refractivity contribution in [2.45, 2.75) is 82.0 Å². The van der Waals surface area contributed by atoms with E-state index in [1.165, 1.54) is 0 Å². The second-order valence-electron chi connectivity index (χ2n) is 15.7. The summed E-state index contributed by atoms with van der Waals surface area (Å²) in [6.07, 6.45) is 22.2. The van der Waals surface area contributed by atoms with Gasteiger partial charge in [0.15, 0.2) is 5.96 Å². The number of hydrogen-bond acceptors (Lipinski definition) is 6. The highest BCUT2D eigenvalue weighted by Gasteiger charge is 2.80. The molecule has 12 unspecified atom stereocenters. The number of hydrogen-bond donors (Lipinski definition) is 5. The van der Waals surface area contributed by atoms with Crippen LogP contribution in [0.4, 0.5) is 0 Å². The summed E-state index contributed by atoms with van der Waals surface area (Å²) >= 11 is 0. The molecule has 4 saturated carbocycles. The van der Waals surface area contributed by atoms with Crippen molar-refractivity contribution in [3.63, 3.8) is 0 Å². The van der Waals surface area contributed by atoms with E-state index < -0.39 is 23.1 Å². The van der Waals surface area contributed by atoms with Crippen LogP contribution in [0, 0.1) is 52.3 Å². The monoisotopic (exact) mass is 632 g/mol. The van der Waals surface area contributed by atoms with E-state index in [-0.39, 0.29) is 47.4 Å². The molecule has 0 amide bonds. The topological polar surface area (TPSA) is 141 Å². The number of fused-ring (bicyclic) bond motifs is 3. The molecule has 5 fully saturated rings. The van der Waals surface area contributed by atoms with Crippen LogP contribution in [0.1, 0.15) is 64.2 Å². The van der Waals surface area contributed by atoms with Gasteiger partial charge in [-0.15, -0.1) is 0 Å². The lowest BCUT2D eigenvalue weighted by Gasteiger charge is -2.66. The molecular weight excluding hydrogens is 580 g/mol. The number of carboxylic acids is 1. The van der Waals surface area contributed by atoms with Gasteiger partial charge in [0.05, 0.1) is 24.4 Å². The molecule has 8 rings (SSSR count). The van der Waals surface area contributed by atoms with E-state index in [1.807, 2.05) is 0 Å². The summed E-state index contributed by atoms with van der Waals surface area (Å²) < 4.78 is 7.14. The Morgan fingerprint density at radius 1 is 1.09 bits per heavy atom. The first-order valence-corrected chi connectivity index (χ1v) is 18.0. The predicted molar refractivity (Wildman–Crippen MR) is 175 cm³/mol. The lowest BCUT2D eigenvalue weighted by molar-refractivity contribution is -0.232. The molecule has 46 heavy (non-hydrogen) atoms. The van der Waals surface area contributed by atoms with Gasteiger partial charge in [0.2, 0.25) is 0 Å². The van der Waals surface area contributed by atoms with Crippen molar-refractivity contribution in [2.75, 3.05) is 33.3 Å². The number of ether oxygens (including phenoxy) is 1. The predicted octanol–water partition coefficient (Wildman–Crippen LogP) is 3.60. The largest absolute Gasteiger partial charge is 0.478 e. The number of nitrogens with zero attached hydrogens (tertiary/aromatic N) is 2. The molecule has 2 aliphatic heterocycles. The maximum Gasteiger partial charge on any atom is 0.334 e. The third kappa shape index (κ3) is 3.95. The highest BCUT2D eigenvalue weighted by atomic mass is 16.5. The normalized spacial score (nSPS) is 47.2. The Balaban J connectivity index is 1.27. The lowest BCUT2D eigenvalue weighted by Crippen LogP contribution is -2.68. The standard InChI is InChI=1S/C37H52N4O5/c1-39-34(38)41-17-15-26(20-40-16-18-42)35(21-41)25-13-12-24-6-4-8-29-36(24,35)28(19-25)31(33(43)44)37(29,45)30-14-11-23-10-9-22-5-2-3-7-27(22)32(23)46-30/h2-3,5,7,15,17,22-27,29-30,32,40,42,45H,4,6,8-14,16,18-21H2,1H3,(H2,38,39)(H,43,44). The minimum atomic E-state index is -1.55. The number of nitrogens with one attached hydrogen (secondary N) is 1. The summed E-state index contributed by atoms with van der Waals surface area (Å²) in [6, 6.07) is 0. The van der Waals surface area contributed by atoms with E-state index in [2.05, 4.69) is 51.8 Å². The third-order valence-electron chi connectivity index (χ3n) is 14.4. The van der Waals surface area contributed by atoms with Crippen LogP contribution in [-0.2, 0) is 9.53 Å². The molecule has 8 aliphatic rings. The van der Waals surface area contributed by atoms with Crippen LogP contribution in [0.5, 0.6) is 0 Å². The minimum Gasteiger partial charge on any atom is -0.478 e. The molecule has 0 radical (unpaired) electrons. The van der Waals surface area contributed by atoms with Gasteiger partial charge >= 0.3 is 5.97 Å². The third-order valence-corrected chi connectivity index (χ3v) is 14.4. The maximum absolute atomic E-state index is 13.7. The summed E-state index contributed by atoms with van der Waals surface area (Å²) in [5.41, 5.74) is 5.44. The molecule has 9 heteroatoms. The van der Waals surface area contributed by atoms with Crippen molar-refractivity contribution in [1.29, 1.82) is 0 Å². The van der Waals surface area contributed by atoms with E-state index in [9.17, 15) is 20.1 Å². The Hall–Kier alpha value is -2.46. The fourth-order valence-corrected chi connectivity index (χ4v) is 13.0. The number of carboxylic acid groups (broad SMARTS) is 1. The smallest absolute Gasteiger partial charge is 0.334 e. The molecule has 2 heterocycles. The van der Waals surface area contributed by atoms with Crippen LogP contribution in [0.25, 0.3) is 0 Å². The molecule has 6 aliphatic carbocycles. The average molecular weight is 633 g/mol. The highest BCUT2D eigenvalue weighted by Crippen LogP contribution is 2.81. The maximum atomic E-state index is 13.7. The second-order valence-corrected chi connectivity index (χ2v) is 15.7. The zero-order chi connectivity index (χ0) is 31.8. The van der Waals surface area contributed by atoms with Gasteiger partial charge < -0.3 is 36.0 Å². The number of guanidine groups is 1. The van der Waals surface area contributed by atoms with Crippen molar-refractivity contribution in [3.8, 4) is 0 Å². The second kappa shape index (κ2) is 11.3. The van der Waals surface area contributed by atoms with Crippen molar-refractivity contribution in [1.82, 2.24) is 10.2 Å². The van der Waals surface area contributed by atoms with Gasteiger partial charge in [-0.3, -0.25) is 4.99 Å². The van der Waals surface area contributed by atoms with E-state index >= 15 is 0 Å². The highest BCUT2D eigenvalue weighted by molar-refractivity contribution is 5.92. The fourth-order valence-electron chi connectivity index (χ4n) is 13.0. The SMILES string of the molecule is CN=C(N)N1C=CC(CNCCO)C2(C1)C1CCC3CCCC4C(O)(C5CCC6CCC7C=CC=CC7C6O5)C(C(=O)O)=C(C1)C342. The fraction of sp³-hybridized carbons (Fsp3) is 0.730. The molecule has 0 aromatic heterocycles. The van der Waals surface area contributed by atoms with E-state index in [1.54, 1.807) is 7.05 Å². The molecule has 2 bridgehead atoms. The van der Waals surface area contributed by atoms with E-state index in [0.29, 0.717) is 56.2 Å². The first-order valence-electron chi connectivity index (χ1n) is 18.0. The van der Waals surface area contributed by atoms with Gasteiger partial charge in [0.25, 0.3) is 0 Å². The Kier molecular flexibility index (Phi) is 7.59. The molecule has 1 saturated heterocycles. The molecule has 9 nitrogen and oxygen atoms in total. The van der Waals surface area contributed by atoms with Crippen LogP contribution in [0.3, 0.4) is 0 Å². The van der Waals surface area contributed by atoms with Crippen molar-refractivity contribution < 1.29 is 24.9 Å². The molecule has 6 N–H and O–H groups in total. The van der Waals surface area contributed by atoms with Gasteiger partial charge in [-0.05, 0) is 93.0 Å². The summed E-state index contributed by atoms with van der Waals surface area (Å²) in [5.74, 6) is 1.07. The molecule has 2 spiro atoms. The first-order chi connectivity index (χ1) is 22.3. The lowest BCUT2D eigenvalue weighted by atomic mass is 9.40. The number of aliphatic carboxylic acids is 1. The van der Waals surface area contributed by atoms with Gasteiger partial charge in [-0.1, -0.05) is 36.8 Å².